The summed E-state index contributed by atoms with van der Waals surface area (Å²) in [5.74, 6) is -0.244. The Morgan fingerprint density at radius 1 is 0.700 bits per heavy atom. The van der Waals surface area contributed by atoms with Crippen LogP contribution in [0, 0.1) is 13.8 Å². The van der Waals surface area contributed by atoms with E-state index in [1.165, 1.54) is 30.3 Å². The summed E-state index contributed by atoms with van der Waals surface area (Å²) in [5, 5.41) is 21.6. The van der Waals surface area contributed by atoms with Crippen LogP contribution in [0.2, 0.25) is 5.15 Å². The minimum atomic E-state index is -4.78. The zero-order valence-corrected chi connectivity index (χ0v) is 26.7. The number of hydrogen-bond acceptors (Lipinski definition) is 10. The van der Waals surface area contributed by atoms with Crippen LogP contribution < -0.4 is 36.1 Å². The molecule has 14 nitrogen and oxygen atoms in total. The molecule has 4 rings (SSSR count). The lowest BCUT2D eigenvalue weighted by molar-refractivity contribution is -0.275. The monoisotopic (exact) mass is 731 g/mol. The van der Waals surface area contributed by atoms with Crippen molar-refractivity contribution in [2.75, 3.05) is 39.7 Å². The Morgan fingerprint density at radius 2 is 1.14 bits per heavy atom. The molecule has 0 aliphatic rings. The highest BCUT2D eigenvalue weighted by Crippen LogP contribution is 2.25. The number of aromatic nitrogens is 4. The largest absolute Gasteiger partial charge is 0.573 e. The molecule has 0 bridgehead atoms. The van der Waals surface area contributed by atoms with Crippen molar-refractivity contribution in [2.45, 2.75) is 33.0 Å². The summed E-state index contributed by atoms with van der Waals surface area (Å²) in [6.45, 7) is 3.94. The summed E-state index contributed by atoms with van der Waals surface area (Å²) in [6, 6.07) is 11.2. The van der Waals surface area contributed by atoms with Gasteiger partial charge in [-0.15, -0.1) is 26.3 Å². The summed E-state index contributed by atoms with van der Waals surface area (Å²) < 4.78 is 79.9. The molecule has 268 valence electrons. The van der Waals surface area contributed by atoms with Crippen molar-refractivity contribution in [1.82, 2.24) is 19.9 Å². The number of rotatable bonds is 10. The first kappa shape index (κ1) is 38.8. The van der Waals surface area contributed by atoms with Gasteiger partial charge in [-0.05, 0) is 74.9 Å². The number of carbonyl (C=O) groups excluding carboxylic acids is 2. The molecule has 0 saturated carbocycles. The van der Waals surface area contributed by atoms with Gasteiger partial charge in [-0.2, -0.15) is 4.98 Å². The van der Waals surface area contributed by atoms with Crippen LogP contribution in [-0.4, -0.2) is 63.0 Å². The van der Waals surface area contributed by atoms with E-state index < -0.39 is 36.3 Å². The lowest BCUT2D eigenvalue weighted by Crippen LogP contribution is -2.21. The predicted molar refractivity (Wildman–Crippen MR) is 170 cm³/mol. The van der Waals surface area contributed by atoms with Crippen molar-refractivity contribution < 1.29 is 50.5 Å². The standard InChI is InChI=1S/C16H18F3N5O3.C13H10ClF3N4O2/c1-10-9-13(20-7-2-8-25)23-14(21-10)24-15(26)22-11-3-5-12(6-4-11)27-16(17,18)19;1-7-6-10(14)20-11(18-7)21-12(22)19-8-2-4-9(5-3-8)23-13(15,16)17/h3-6,9,25H,2,7-8H2,1H3,(H3,20,21,22,23,24,26);2-6H,1H3,(H2,18,19,20,21,22). The van der Waals surface area contributed by atoms with E-state index in [1.807, 2.05) is 0 Å². The fraction of sp³-hybridized carbons (Fsp3) is 0.241. The average molecular weight is 732 g/mol. The maximum Gasteiger partial charge on any atom is 0.573 e. The number of hydrogen-bond donors (Lipinski definition) is 6. The fourth-order valence-corrected chi connectivity index (χ4v) is 3.84. The number of amides is 4. The van der Waals surface area contributed by atoms with Gasteiger partial charge in [0, 0.05) is 42.0 Å². The van der Waals surface area contributed by atoms with Crippen LogP contribution >= 0.6 is 11.6 Å². The zero-order valence-electron chi connectivity index (χ0n) is 25.9. The Balaban J connectivity index is 0.000000274. The zero-order chi connectivity index (χ0) is 36.9. The molecule has 0 saturated heterocycles. The van der Waals surface area contributed by atoms with Crippen LogP contribution in [0.3, 0.4) is 0 Å². The molecule has 2 heterocycles. The van der Waals surface area contributed by atoms with Crippen molar-refractivity contribution in [3.8, 4) is 11.5 Å². The molecule has 0 radical (unpaired) electrons. The number of nitrogens with zero attached hydrogens (tertiary/aromatic N) is 4. The molecule has 4 amide bonds. The van der Waals surface area contributed by atoms with Crippen molar-refractivity contribution in [1.29, 1.82) is 0 Å². The van der Waals surface area contributed by atoms with Crippen LogP contribution in [0.4, 0.5) is 65.0 Å². The third kappa shape index (κ3) is 15.1. The number of urea groups is 2. The van der Waals surface area contributed by atoms with Gasteiger partial charge in [0.25, 0.3) is 0 Å². The number of anilines is 5. The number of ether oxygens (including phenoxy) is 2. The highest BCUT2D eigenvalue weighted by atomic mass is 35.5. The number of carbonyl (C=O) groups is 2. The Labute approximate surface area is 284 Å². The summed E-state index contributed by atoms with van der Waals surface area (Å²) >= 11 is 5.74. The molecule has 2 aromatic heterocycles. The van der Waals surface area contributed by atoms with Gasteiger partial charge in [-0.25, -0.2) is 24.5 Å². The van der Waals surface area contributed by atoms with Crippen LogP contribution in [0.5, 0.6) is 11.5 Å². The minimum absolute atomic E-state index is 0.00419. The first-order valence-electron chi connectivity index (χ1n) is 14.1. The molecular weight excluding hydrogens is 704 g/mol. The van der Waals surface area contributed by atoms with Crippen molar-refractivity contribution >= 4 is 52.8 Å². The van der Waals surface area contributed by atoms with Crippen LogP contribution in [-0.2, 0) is 0 Å². The molecule has 0 aliphatic carbocycles. The van der Waals surface area contributed by atoms with Gasteiger partial charge >= 0.3 is 24.8 Å². The topological polar surface area (TPSA) is 185 Å². The number of benzene rings is 2. The first-order chi connectivity index (χ1) is 23.5. The van der Waals surface area contributed by atoms with Crippen molar-refractivity contribution in [3.05, 3.63) is 77.2 Å². The Hall–Kier alpha value is -5.63. The second kappa shape index (κ2) is 17.7. The van der Waals surface area contributed by atoms with Crippen molar-refractivity contribution in [3.63, 3.8) is 0 Å². The molecule has 6 N–H and O–H groups in total. The summed E-state index contributed by atoms with van der Waals surface area (Å²) in [6.07, 6.45) is -9.01. The lowest BCUT2D eigenvalue weighted by atomic mass is 10.3. The minimum Gasteiger partial charge on any atom is -0.406 e. The number of aliphatic hydroxyl groups is 1. The van der Waals surface area contributed by atoms with E-state index >= 15 is 0 Å². The quantitative estimate of drug-likeness (QED) is 0.0558. The highest BCUT2D eigenvalue weighted by Gasteiger charge is 2.31. The smallest absolute Gasteiger partial charge is 0.406 e. The number of aryl methyl sites for hydroxylation is 2. The van der Waals surface area contributed by atoms with E-state index in [-0.39, 0.29) is 35.0 Å². The number of aliphatic hydroxyl groups excluding tert-OH is 1. The van der Waals surface area contributed by atoms with Gasteiger partial charge < -0.3 is 30.5 Å². The Bertz CT molecular complexity index is 1710. The van der Waals surface area contributed by atoms with Crippen LogP contribution in [0.1, 0.15) is 17.8 Å². The van der Waals surface area contributed by atoms with Gasteiger partial charge in [0.05, 0.1) is 0 Å². The van der Waals surface area contributed by atoms with E-state index in [4.69, 9.17) is 16.7 Å². The van der Waals surface area contributed by atoms with E-state index in [9.17, 15) is 35.9 Å². The average Bonchev–Trinajstić information content (AvgIpc) is 2.97. The van der Waals surface area contributed by atoms with E-state index in [0.717, 1.165) is 24.3 Å². The molecule has 0 atom stereocenters. The third-order valence-corrected chi connectivity index (χ3v) is 5.65. The molecular formula is C29H28ClF6N9O5. The molecule has 0 fully saturated rings. The maximum atomic E-state index is 12.1. The lowest BCUT2D eigenvalue weighted by Gasteiger charge is -2.11. The van der Waals surface area contributed by atoms with Crippen molar-refractivity contribution in [2.24, 2.45) is 0 Å². The second-order valence-corrected chi connectivity index (χ2v) is 10.1. The number of alkyl halides is 6. The Kier molecular flexibility index (Phi) is 13.7. The molecule has 50 heavy (non-hydrogen) atoms. The summed E-state index contributed by atoms with van der Waals surface area (Å²) in [4.78, 5) is 39.7. The Morgan fingerprint density at radius 3 is 1.56 bits per heavy atom. The molecule has 21 heteroatoms. The summed E-state index contributed by atoms with van der Waals surface area (Å²) in [5.41, 5.74) is 1.70. The van der Waals surface area contributed by atoms with Gasteiger partial charge in [0.2, 0.25) is 11.9 Å². The predicted octanol–water partition coefficient (Wildman–Crippen LogP) is 7.10. The summed E-state index contributed by atoms with van der Waals surface area (Å²) in [7, 11) is 0. The second-order valence-electron chi connectivity index (χ2n) is 9.68. The fourth-order valence-electron chi connectivity index (χ4n) is 3.60. The SMILES string of the molecule is Cc1cc(Cl)nc(NC(=O)Nc2ccc(OC(F)(F)F)cc2)n1.Cc1cc(NCCCO)nc(NC(=O)Nc2ccc(OC(F)(F)F)cc2)n1. The van der Waals surface area contributed by atoms with Crippen LogP contribution in [0.25, 0.3) is 0 Å². The molecule has 4 aromatic rings. The van der Waals surface area contributed by atoms with Gasteiger partial charge in [-0.1, -0.05) is 11.6 Å². The highest BCUT2D eigenvalue weighted by molar-refractivity contribution is 6.29. The van der Waals surface area contributed by atoms with Gasteiger partial charge in [0.15, 0.2) is 0 Å². The molecule has 0 aliphatic heterocycles. The molecule has 2 aromatic carbocycles. The molecule has 0 unspecified atom stereocenters. The number of halogens is 7. The van der Waals surface area contributed by atoms with Gasteiger partial charge in [-0.3, -0.25) is 10.6 Å². The van der Waals surface area contributed by atoms with E-state index in [0.29, 0.717) is 30.2 Å². The molecule has 0 spiro atoms. The van der Waals surface area contributed by atoms with E-state index in [2.05, 4.69) is 56.0 Å². The van der Waals surface area contributed by atoms with E-state index in [1.54, 1.807) is 19.9 Å². The third-order valence-electron chi connectivity index (χ3n) is 5.46. The van der Waals surface area contributed by atoms with Gasteiger partial charge in [0.1, 0.15) is 22.5 Å². The maximum absolute atomic E-state index is 12.1. The normalized spacial score (nSPS) is 11.0. The van der Waals surface area contributed by atoms with Crippen LogP contribution in [0.15, 0.2) is 60.7 Å². The first-order valence-corrected chi connectivity index (χ1v) is 14.4. The number of nitrogens with one attached hydrogen (secondary N) is 5.